The van der Waals surface area contributed by atoms with Gasteiger partial charge in [-0.05, 0) is 245 Å². The van der Waals surface area contributed by atoms with Crippen LogP contribution in [0.2, 0.25) is 25.1 Å². The molecule has 11 N–H and O–H groups in total. The second kappa shape index (κ2) is 47.7. The molecule has 0 saturated carbocycles. The molecule has 8 aromatic carbocycles. The molecule has 16 rings (SSSR count). The number of hydrogen-bond acceptors (Lipinski definition) is 22. The fourth-order valence-corrected chi connectivity index (χ4v) is 14.1. The van der Waals surface area contributed by atoms with E-state index in [1.807, 2.05) is 6.92 Å². The van der Waals surface area contributed by atoms with Crippen LogP contribution in [-0.2, 0) is 20.1 Å². The molecule has 41 heteroatoms. The number of carbonyl (C=O) groups is 10. The Bertz CT molecular complexity index is 6960. The molecule has 0 radical (unpaired) electrons. The maximum Gasteiger partial charge on any atom is 0.308 e. The molecule has 2 fully saturated rings. The second-order valence-corrected chi connectivity index (χ2v) is 32.5. The molecule has 0 unspecified atom stereocenters. The monoisotopic (exact) mass is 1970 g/mol. The number of amides is 10. The van der Waals surface area contributed by atoms with E-state index in [4.69, 9.17) is 76.9 Å². The Morgan fingerprint density at radius 3 is 1.12 bits per heavy atom. The highest BCUT2D eigenvalue weighted by molar-refractivity contribution is 7.60. The van der Waals surface area contributed by atoms with Gasteiger partial charge in [-0.25, -0.2) is 19.9 Å². The molecule has 138 heavy (non-hydrogen) atoms. The molecule has 0 spiro atoms. The molecule has 6 aromatic heterocycles. The fraction of sp³-hybridized carbons (Fsp3) is 0.0928. The maximum absolute atomic E-state index is 13.0. The van der Waals surface area contributed by atoms with Gasteiger partial charge in [-0.2, -0.15) is 13.2 Å². The first kappa shape index (κ1) is 100. The van der Waals surface area contributed by atoms with Crippen LogP contribution in [0.5, 0.6) is 0 Å². The number of nitrogens with zero attached hydrogens (tertiary/aromatic N) is 9. The van der Waals surface area contributed by atoms with Gasteiger partial charge in [0.15, 0.2) is 0 Å². The first-order valence-electron chi connectivity index (χ1n) is 41.5. The predicted molar refractivity (Wildman–Crippen MR) is 528 cm³/mol. The lowest BCUT2D eigenvalue weighted by atomic mass is 10.1. The lowest BCUT2D eigenvalue weighted by molar-refractivity contribution is -0.384. The molecular weight excluding hydrogens is 1900 g/mol. The number of halogens is 5. The maximum atomic E-state index is 13.0. The molecular formula is C97H78Cl5N19O16S. The quantitative estimate of drug-likeness (QED) is 0.0181. The molecule has 0 atom stereocenters. The summed E-state index contributed by atoms with van der Waals surface area (Å²) in [7, 11) is -2.61. The number of pyridine rings is 6. The van der Waals surface area contributed by atoms with E-state index in [-0.39, 0.29) is 74.0 Å². The summed E-state index contributed by atoms with van der Waals surface area (Å²) in [6.07, 6.45) is 13.6. The Morgan fingerprint density at radius 1 is 0.377 bits per heavy atom. The standard InChI is InChI=1S/C25H19ClN4O3.C24H16Cl2N4O3.C24H20ClN5O5.C24H22ClN5O3.HNO2S/c1-16-5-11-21(20(14-16)25(33)29-22-12-8-18(26)15-27-22)28-24(32)17-6-9-19(10-7-17)30-13-3-2-4-23(30)31;25-16-6-10-20(19(13-16)24(33)29-21-11-7-17(26)14-27-21)28-23(32)15-4-8-18(9-5-15)30-12-2-1-3-22(30)31;25-15-4-10-21(26-14-15)24(33)28-20-11-9-18(30(34)35)13-19(20)23(32)27-16-5-7-17(8-6-16)29-12-2-1-3-22(29)31;25-15-4-10-21(27-14-15)24(33)29-20-11-5-16(26)13-19(20)23(32)28-17-6-8-18(9-7-17)30-12-2-1-3-22(30)31;1-4(2)3/h2-15H,1H3,(H,28,32)(H,27,29,33);1-14H,(H,28,32)(H,27,29,33);4-11,13-14H,1-3,12H2,(H,27,32)(H,28,33);4-11,13-14H,1-3,12,26H2,(H,28,32)(H,29,33);1H. The van der Waals surface area contributed by atoms with E-state index in [1.165, 1.54) is 88.5 Å². The van der Waals surface area contributed by atoms with Crippen LogP contribution in [0.25, 0.3) is 11.4 Å². The van der Waals surface area contributed by atoms with Gasteiger partial charge < -0.3 is 58.1 Å². The summed E-state index contributed by atoms with van der Waals surface area (Å²) in [4.78, 5) is 181. The molecule has 0 aliphatic carbocycles. The number of nitrogens with two attached hydrogens (primary N) is 1. The van der Waals surface area contributed by atoms with Crippen molar-refractivity contribution in [3.05, 3.63) is 398 Å². The van der Waals surface area contributed by atoms with Gasteiger partial charge in [0.1, 0.15) is 23.0 Å². The average molecular weight is 1980 g/mol. The van der Waals surface area contributed by atoms with Gasteiger partial charge in [0.05, 0.1) is 70.0 Å². The van der Waals surface area contributed by atoms with Crippen LogP contribution in [0.3, 0.4) is 0 Å². The molecule has 2 saturated heterocycles. The largest absolute Gasteiger partial charge is 0.399 e. The molecule has 10 amide bonds. The van der Waals surface area contributed by atoms with Crippen molar-refractivity contribution in [2.24, 2.45) is 0 Å². The lowest BCUT2D eigenvalue weighted by Crippen LogP contribution is -2.35. The van der Waals surface area contributed by atoms with Gasteiger partial charge in [-0.3, -0.25) is 76.8 Å². The number of nitrogen functional groups attached to an aromatic ring is 1. The number of nitro benzene ring substituents is 1. The van der Waals surface area contributed by atoms with Crippen LogP contribution in [-0.4, -0.2) is 115 Å². The third-order valence-electron chi connectivity index (χ3n) is 20.2. The molecule has 698 valence electrons. The van der Waals surface area contributed by atoms with Crippen molar-refractivity contribution in [1.29, 1.82) is 4.78 Å². The summed E-state index contributed by atoms with van der Waals surface area (Å²) in [6, 6.07) is 66.9. The Balaban J connectivity index is 0.000000163. The SMILES string of the molecule is Cc1ccc(NC(=O)c2ccc(-n3ccccc3=O)cc2)c(C(=O)Nc2ccc(Cl)cn2)c1.N=S(=O)=O.Nc1ccc(NC(=O)c2ccc(Cl)cn2)c(C(=O)Nc2ccc(N3CCCCC3=O)cc2)c1.O=C(Nc1ccc(Cl)cc1C(=O)Nc1ccc(Cl)cn1)c1ccc(-n2ccccc2=O)cc1.O=C(Nc1ccc([N+](=O)[O-])cc1C(=O)Nc1ccc(N2CCCCC2=O)cc1)c1ccc(Cl)cn1. The zero-order chi connectivity index (χ0) is 98.6. The third kappa shape index (κ3) is 28.2. The van der Waals surface area contributed by atoms with E-state index in [9.17, 15) is 67.6 Å². The number of aryl methyl sites for hydroxylation is 1. The Kier molecular flexibility index (Phi) is 34.7. The normalized spacial score (nSPS) is 11.8. The number of aromatic nitrogens is 6. The summed E-state index contributed by atoms with van der Waals surface area (Å²) < 4.78 is 25.8. The number of anilines is 11. The molecule has 2 aliphatic rings. The van der Waals surface area contributed by atoms with Gasteiger partial charge >= 0.3 is 10.5 Å². The van der Waals surface area contributed by atoms with Crippen LogP contribution in [0.4, 0.5) is 68.5 Å². The van der Waals surface area contributed by atoms with Crippen molar-refractivity contribution in [3.8, 4) is 11.4 Å². The van der Waals surface area contributed by atoms with E-state index >= 15 is 0 Å². The minimum atomic E-state index is -2.61. The first-order chi connectivity index (χ1) is 66.3. The van der Waals surface area contributed by atoms with Gasteiger partial charge in [-0.1, -0.05) is 81.8 Å². The summed E-state index contributed by atoms with van der Waals surface area (Å²) in [5.41, 5.74) is 12.7. The number of benzene rings is 8. The first-order valence-corrected chi connectivity index (χ1v) is 44.5. The smallest absolute Gasteiger partial charge is 0.308 e. The van der Waals surface area contributed by atoms with Gasteiger partial charge in [0.25, 0.3) is 64.1 Å². The number of carbonyl (C=O) groups excluding carboxylic acids is 10. The van der Waals surface area contributed by atoms with Crippen LogP contribution >= 0.6 is 58.0 Å². The van der Waals surface area contributed by atoms with Crippen molar-refractivity contribution < 1.29 is 61.3 Å². The third-order valence-corrected chi connectivity index (χ3v) is 21.4. The van der Waals surface area contributed by atoms with Crippen molar-refractivity contribution >= 4 is 196 Å². The number of non-ortho nitro benzene ring substituents is 1. The Hall–Kier alpha value is -16.8. The minimum absolute atomic E-state index is 0.0557. The lowest BCUT2D eigenvalue weighted by Gasteiger charge is -2.26. The number of rotatable bonds is 21. The van der Waals surface area contributed by atoms with Crippen LogP contribution in [0.15, 0.2) is 302 Å². The Morgan fingerprint density at radius 2 is 0.732 bits per heavy atom. The molecule has 0 bridgehead atoms. The average Bonchev–Trinajstić information content (AvgIpc) is 0.817. The number of hydrogen-bond donors (Lipinski definition) is 10. The van der Waals surface area contributed by atoms with Crippen molar-refractivity contribution in [2.45, 2.75) is 45.4 Å². The number of piperidine rings is 2. The van der Waals surface area contributed by atoms with Gasteiger partial charge in [-0.15, -0.1) is 0 Å². The van der Waals surface area contributed by atoms with E-state index in [2.05, 4.69) is 62.5 Å². The second-order valence-electron chi connectivity index (χ2n) is 29.9. The van der Waals surface area contributed by atoms with Crippen molar-refractivity contribution in [2.75, 3.05) is 71.2 Å². The van der Waals surface area contributed by atoms with Crippen molar-refractivity contribution in [3.63, 3.8) is 0 Å². The fourth-order valence-electron chi connectivity index (χ4n) is 13.5. The summed E-state index contributed by atoms with van der Waals surface area (Å²) in [6.45, 7) is 3.19. The topological polar surface area (TPSA) is 496 Å². The highest BCUT2D eigenvalue weighted by Gasteiger charge is 2.26. The van der Waals surface area contributed by atoms with Crippen LogP contribution in [0.1, 0.15) is 127 Å². The van der Waals surface area contributed by atoms with Crippen molar-refractivity contribution in [1.82, 2.24) is 29.1 Å². The van der Waals surface area contributed by atoms with E-state index < -0.39 is 56.8 Å². The van der Waals surface area contributed by atoms with E-state index in [0.717, 1.165) is 48.7 Å². The van der Waals surface area contributed by atoms with Gasteiger partial charge in [0, 0.05) is 143 Å². The van der Waals surface area contributed by atoms with E-state index in [0.29, 0.717) is 119 Å². The molecule has 2 aliphatic heterocycles. The zero-order valence-electron chi connectivity index (χ0n) is 72.3. The highest BCUT2D eigenvalue weighted by Crippen LogP contribution is 2.32. The number of nitro groups is 1. The van der Waals surface area contributed by atoms with Crippen LogP contribution < -0.4 is 69.2 Å². The van der Waals surface area contributed by atoms with Crippen LogP contribution in [0, 0.1) is 21.8 Å². The molecule has 8 heterocycles. The minimum Gasteiger partial charge on any atom is -0.399 e. The zero-order valence-corrected chi connectivity index (χ0v) is 76.9. The predicted octanol–water partition coefficient (Wildman–Crippen LogP) is 18.4. The highest BCUT2D eigenvalue weighted by atomic mass is 35.5. The summed E-state index contributed by atoms with van der Waals surface area (Å²) in [5, 5.41) is 34.9. The Labute approximate surface area is 812 Å². The van der Waals surface area contributed by atoms with E-state index in [1.54, 1.807) is 216 Å². The molecule has 14 aromatic rings. The molecule has 35 nitrogen and oxygen atoms in total. The summed E-state index contributed by atoms with van der Waals surface area (Å²) in [5.74, 6) is -3.12. The summed E-state index contributed by atoms with van der Waals surface area (Å²) >= 11 is 29.4. The van der Waals surface area contributed by atoms with Gasteiger partial charge in [0.2, 0.25) is 11.8 Å². The number of nitrogens with one attached hydrogen (secondary N) is 9.